The Morgan fingerprint density at radius 1 is 0.720 bits per heavy atom. The maximum atomic E-state index is 9.42. The van der Waals surface area contributed by atoms with Gasteiger partial charge in [0.25, 0.3) is 0 Å². The number of carboxylic acids is 4. The number of hydrogen-bond acceptors (Lipinski definition) is 8. The van der Waals surface area contributed by atoms with Gasteiger partial charge in [-0.1, -0.05) is 24.3 Å². The van der Waals surface area contributed by atoms with Gasteiger partial charge in [0.15, 0.2) is 0 Å². The van der Waals surface area contributed by atoms with E-state index in [0.29, 0.717) is 0 Å². The summed E-state index contributed by atoms with van der Waals surface area (Å²) in [4.78, 5) is 37.6. The van der Waals surface area contributed by atoms with Crippen LogP contribution in [0, 0.1) is 0 Å². The Morgan fingerprint density at radius 3 is 0.960 bits per heavy atom. The van der Waals surface area contributed by atoms with Crippen molar-refractivity contribution in [2.75, 3.05) is 0 Å². The van der Waals surface area contributed by atoms with Crippen LogP contribution in [0.5, 0.6) is 0 Å². The quantitative estimate of drug-likeness (QED) is 0.237. The summed E-state index contributed by atoms with van der Waals surface area (Å²) in [6.07, 6.45) is 8.38. The first-order chi connectivity index (χ1) is 11.1. The summed E-state index contributed by atoms with van der Waals surface area (Å²) >= 11 is 0. The Bertz CT molecular complexity index is 412. The minimum Gasteiger partial charge on any atom is -0.550 e. The van der Waals surface area contributed by atoms with Crippen molar-refractivity contribution in [3.63, 3.8) is 0 Å². The predicted octanol–water partition coefficient (Wildman–Crippen LogP) is -3.13. The Kier molecular flexibility index (Phi) is 40.4. The fourth-order valence-electron chi connectivity index (χ4n) is 0.526. The van der Waals surface area contributed by atoms with E-state index in [4.69, 9.17) is 0 Å². The smallest absolute Gasteiger partial charge is 0.550 e. The van der Waals surface area contributed by atoms with Crippen molar-refractivity contribution in [3.8, 4) is 0 Å². The standard InChI is InChI=1S/4C4H6O2.Sn/c4*1-2-3-4(5)6;/h3*2-3H,1H3,(H,5,6);2H,1,3H2,(H,5,6);/q;;;;+4/p-4/b3*3-2+;;. The van der Waals surface area contributed by atoms with Gasteiger partial charge in [-0.3, -0.25) is 0 Å². The van der Waals surface area contributed by atoms with Gasteiger partial charge in [-0.2, -0.15) is 0 Å². The molecule has 0 aromatic carbocycles. The molecular formula is C16H20O8Sn. The SMILES string of the molecule is C/C=C/C(=O)[O-].C/C=C/C(=O)[O-].C/C=C/C(=O)[O-].C=CCC(=O)[O-].[Sn+4]. The van der Waals surface area contributed by atoms with E-state index in [1.54, 1.807) is 20.8 Å². The number of aliphatic carboxylic acids is 4. The molecule has 25 heavy (non-hydrogen) atoms. The van der Waals surface area contributed by atoms with E-state index >= 15 is 0 Å². The van der Waals surface area contributed by atoms with Crippen LogP contribution >= 0.6 is 0 Å². The fraction of sp³-hybridized carbons (Fsp3) is 0.250. The van der Waals surface area contributed by atoms with Gasteiger partial charge in [-0.15, -0.1) is 6.58 Å². The number of allylic oxidation sites excluding steroid dienone is 3. The van der Waals surface area contributed by atoms with E-state index in [0.717, 1.165) is 18.2 Å². The third kappa shape index (κ3) is 89.8. The molecule has 0 aromatic rings. The normalized spacial score (nSPS) is 8.60. The minimum absolute atomic E-state index is 0. The molecule has 0 saturated carbocycles. The number of rotatable bonds is 5. The van der Waals surface area contributed by atoms with Crippen LogP contribution in [0.1, 0.15) is 27.2 Å². The molecule has 0 rings (SSSR count). The molecule has 0 aromatic heterocycles. The minimum atomic E-state index is -1.14. The summed E-state index contributed by atoms with van der Waals surface area (Å²) in [5.74, 6) is -4.50. The molecule has 0 fully saturated rings. The molecule has 0 atom stereocenters. The average molecular weight is 459 g/mol. The maximum absolute atomic E-state index is 9.42. The molecule has 0 amide bonds. The topological polar surface area (TPSA) is 161 Å². The molecule has 0 saturated heterocycles. The van der Waals surface area contributed by atoms with Crippen molar-refractivity contribution in [2.24, 2.45) is 0 Å². The number of carboxylic acid groups (broad SMARTS) is 4. The molecule has 0 N–H and O–H groups in total. The monoisotopic (exact) mass is 460 g/mol. The number of carbonyl (C=O) groups is 4. The van der Waals surface area contributed by atoms with Gasteiger partial charge < -0.3 is 39.6 Å². The first kappa shape index (κ1) is 34.1. The molecule has 0 aliphatic carbocycles. The largest absolute Gasteiger partial charge is 4.00 e. The van der Waals surface area contributed by atoms with E-state index in [-0.39, 0.29) is 30.3 Å². The Hall–Kier alpha value is -2.36. The first-order valence-electron chi connectivity index (χ1n) is 6.40. The van der Waals surface area contributed by atoms with Crippen LogP contribution in [-0.4, -0.2) is 47.8 Å². The molecule has 0 bridgehead atoms. The maximum Gasteiger partial charge on any atom is 4.00 e. The first-order valence-corrected chi connectivity index (χ1v) is 6.40. The van der Waals surface area contributed by atoms with Crippen LogP contribution in [0.3, 0.4) is 0 Å². The molecule has 0 heterocycles. The fourth-order valence-corrected chi connectivity index (χ4v) is 0.526. The zero-order valence-electron chi connectivity index (χ0n) is 14.2. The van der Waals surface area contributed by atoms with E-state index in [1.807, 2.05) is 0 Å². The van der Waals surface area contributed by atoms with Gasteiger partial charge in [0.1, 0.15) is 0 Å². The molecule has 9 heteroatoms. The van der Waals surface area contributed by atoms with Crippen LogP contribution in [0.15, 0.2) is 49.1 Å². The second-order valence-corrected chi connectivity index (χ2v) is 3.32. The van der Waals surface area contributed by atoms with E-state index in [1.165, 1.54) is 24.3 Å². The van der Waals surface area contributed by atoms with Crippen molar-refractivity contribution < 1.29 is 39.6 Å². The van der Waals surface area contributed by atoms with Crippen molar-refractivity contribution in [1.29, 1.82) is 0 Å². The van der Waals surface area contributed by atoms with Crippen LogP contribution in [-0.2, 0) is 19.2 Å². The van der Waals surface area contributed by atoms with Gasteiger partial charge in [-0.05, 0) is 39.0 Å². The zero-order valence-corrected chi connectivity index (χ0v) is 17.1. The van der Waals surface area contributed by atoms with Crippen LogP contribution in [0.25, 0.3) is 0 Å². The average Bonchev–Trinajstić information content (AvgIpc) is 2.39. The van der Waals surface area contributed by atoms with Gasteiger partial charge >= 0.3 is 23.9 Å². The van der Waals surface area contributed by atoms with Gasteiger partial charge in [0.2, 0.25) is 0 Å². The zero-order chi connectivity index (χ0) is 20.0. The second kappa shape index (κ2) is 29.6. The summed E-state index contributed by atoms with van der Waals surface area (Å²) < 4.78 is 0. The van der Waals surface area contributed by atoms with Crippen molar-refractivity contribution in [2.45, 2.75) is 27.2 Å². The molecule has 0 spiro atoms. The molecule has 8 nitrogen and oxygen atoms in total. The second-order valence-electron chi connectivity index (χ2n) is 3.32. The van der Waals surface area contributed by atoms with Crippen LogP contribution < -0.4 is 20.4 Å². The summed E-state index contributed by atoms with van der Waals surface area (Å²) in [6, 6.07) is 0. The molecule has 0 radical (unpaired) electrons. The summed E-state index contributed by atoms with van der Waals surface area (Å²) in [7, 11) is 0. The predicted molar refractivity (Wildman–Crippen MR) is 85.0 cm³/mol. The third-order valence-electron chi connectivity index (χ3n) is 1.22. The van der Waals surface area contributed by atoms with Crippen LogP contribution in [0.2, 0.25) is 0 Å². The Balaban J connectivity index is -0.0000000702. The van der Waals surface area contributed by atoms with Crippen LogP contribution in [0.4, 0.5) is 0 Å². The van der Waals surface area contributed by atoms with Crippen molar-refractivity contribution in [3.05, 3.63) is 49.1 Å². The van der Waals surface area contributed by atoms with Gasteiger partial charge in [0, 0.05) is 12.4 Å². The van der Waals surface area contributed by atoms with Gasteiger partial charge in [0.05, 0.1) is 17.9 Å². The summed E-state index contributed by atoms with van der Waals surface area (Å²) in [5, 5.41) is 37.6. The molecular weight excluding hydrogens is 439 g/mol. The van der Waals surface area contributed by atoms with Gasteiger partial charge in [-0.25, -0.2) is 0 Å². The van der Waals surface area contributed by atoms with E-state index < -0.39 is 23.9 Å². The molecule has 0 aliphatic rings. The Labute approximate surface area is 163 Å². The van der Waals surface area contributed by atoms with E-state index in [9.17, 15) is 39.6 Å². The number of carbonyl (C=O) groups excluding carboxylic acids is 4. The molecule has 136 valence electrons. The Morgan fingerprint density at radius 2 is 0.960 bits per heavy atom. The third-order valence-corrected chi connectivity index (χ3v) is 1.22. The number of hydrogen-bond donors (Lipinski definition) is 0. The molecule has 0 unspecified atom stereocenters. The van der Waals surface area contributed by atoms with Crippen molar-refractivity contribution >= 4 is 47.8 Å². The summed E-state index contributed by atoms with van der Waals surface area (Å²) in [6.45, 7) is 8.04. The van der Waals surface area contributed by atoms with Crippen molar-refractivity contribution in [1.82, 2.24) is 0 Å². The molecule has 0 aliphatic heterocycles. The van der Waals surface area contributed by atoms with E-state index in [2.05, 4.69) is 6.58 Å². The summed E-state index contributed by atoms with van der Waals surface area (Å²) in [5.41, 5.74) is 0.